The maximum absolute atomic E-state index is 13.2. The van der Waals surface area contributed by atoms with Crippen molar-refractivity contribution in [2.24, 2.45) is 5.73 Å². The summed E-state index contributed by atoms with van der Waals surface area (Å²) < 4.78 is 0. The van der Waals surface area contributed by atoms with Crippen molar-refractivity contribution in [1.29, 1.82) is 0 Å². The van der Waals surface area contributed by atoms with Gasteiger partial charge in [0.2, 0.25) is 17.7 Å². The zero-order chi connectivity index (χ0) is 23.3. The number of aliphatic hydroxyl groups is 2. The van der Waals surface area contributed by atoms with Gasteiger partial charge in [-0.2, -0.15) is 23.5 Å². The normalized spacial score (nSPS) is 13.6. The Morgan fingerprint density at radius 2 is 1.63 bits per heavy atom. The molecule has 0 bridgehead atoms. The highest BCUT2D eigenvalue weighted by molar-refractivity contribution is 8.00. The first-order valence-electron chi connectivity index (χ1n) is 10.3. The fourth-order valence-corrected chi connectivity index (χ4v) is 4.80. The number of nitrogens with zero attached hydrogens (tertiary/aromatic N) is 2. The Bertz CT molecular complexity index is 543. The van der Waals surface area contributed by atoms with Crippen LogP contribution in [0.15, 0.2) is 0 Å². The van der Waals surface area contributed by atoms with E-state index in [1.54, 1.807) is 44.4 Å². The van der Waals surface area contributed by atoms with Gasteiger partial charge >= 0.3 is 0 Å². The molecule has 0 unspecified atom stereocenters. The predicted octanol–water partition coefficient (Wildman–Crippen LogP) is 0.936. The minimum absolute atomic E-state index is 0.0130. The highest BCUT2D eigenvalue weighted by Gasteiger charge is 2.36. The van der Waals surface area contributed by atoms with Crippen LogP contribution >= 0.6 is 23.5 Å². The maximum Gasteiger partial charge on any atom is 0.246 e. The molecule has 2 atom stereocenters. The van der Waals surface area contributed by atoms with Gasteiger partial charge in [0, 0.05) is 38.4 Å². The van der Waals surface area contributed by atoms with E-state index in [1.807, 2.05) is 6.92 Å². The van der Waals surface area contributed by atoms with Crippen molar-refractivity contribution in [3.8, 4) is 0 Å². The van der Waals surface area contributed by atoms with E-state index in [0.717, 1.165) is 17.9 Å². The SMILES string of the molecule is CCCC(=O)N(C)[C@H](CSCCCSCCO)C(=O)N(C)[C@@H](CC(C)(C)O)C(N)=O. The van der Waals surface area contributed by atoms with Gasteiger partial charge in [-0.05, 0) is 38.2 Å². The van der Waals surface area contributed by atoms with Crippen LogP contribution in [0.2, 0.25) is 0 Å². The molecule has 0 fully saturated rings. The number of thioether (sulfide) groups is 2. The summed E-state index contributed by atoms with van der Waals surface area (Å²) in [5.41, 5.74) is 4.32. The molecule has 0 aromatic heterocycles. The Morgan fingerprint density at radius 3 is 2.13 bits per heavy atom. The average molecular weight is 466 g/mol. The first-order chi connectivity index (χ1) is 14.0. The molecule has 0 aliphatic rings. The molecule has 0 aromatic rings. The second-order valence-electron chi connectivity index (χ2n) is 7.92. The molecule has 0 spiro atoms. The van der Waals surface area contributed by atoms with Crippen LogP contribution in [0.1, 0.15) is 46.5 Å². The number of hydrogen-bond acceptors (Lipinski definition) is 7. The molecule has 0 heterocycles. The van der Waals surface area contributed by atoms with E-state index >= 15 is 0 Å². The summed E-state index contributed by atoms with van der Waals surface area (Å²) in [4.78, 5) is 40.3. The van der Waals surface area contributed by atoms with Crippen molar-refractivity contribution in [1.82, 2.24) is 9.80 Å². The van der Waals surface area contributed by atoms with Crippen LogP contribution in [0.5, 0.6) is 0 Å². The van der Waals surface area contributed by atoms with Crippen molar-refractivity contribution >= 4 is 41.2 Å². The lowest BCUT2D eigenvalue weighted by molar-refractivity contribution is -0.147. The standard InChI is InChI=1S/C20H39N3O5S2/c1-6-8-17(25)22(4)16(14-30-11-7-10-29-12-9-24)19(27)23(5)15(18(21)26)13-20(2,3)28/h15-16,24,28H,6-14H2,1-5H3,(H2,21,26)/t15-,16+/m0/s1. The molecule has 0 aliphatic carbocycles. The molecule has 30 heavy (non-hydrogen) atoms. The zero-order valence-corrected chi connectivity index (χ0v) is 20.6. The van der Waals surface area contributed by atoms with Gasteiger partial charge in [-0.25, -0.2) is 0 Å². The summed E-state index contributed by atoms with van der Waals surface area (Å²) in [7, 11) is 3.10. The Morgan fingerprint density at radius 1 is 1.03 bits per heavy atom. The third-order valence-electron chi connectivity index (χ3n) is 4.53. The van der Waals surface area contributed by atoms with Crippen LogP contribution in [-0.2, 0) is 14.4 Å². The van der Waals surface area contributed by atoms with Crippen LogP contribution in [0.25, 0.3) is 0 Å². The first-order valence-corrected chi connectivity index (χ1v) is 12.6. The number of hydrogen-bond donors (Lipinski definition) is 3. The Labute approximate surface area is 189 Å². The van der Waals surface area contributed by atoms with Gasteiger partial charge in [0.1, 0.15) is 12.1 Å². The van der Waals surface area contributed by atoms with Crippen molar-refractivity contribution in [3.63, 3.8) is 0 Å². The van der Waals surface area contributed by atoms with Crippen molar-refractivity contribution in [2.45, 2.75) is 64.1 Å². The summed E-state index contributed by atoms with van der Waals surface area (Å²) in [6.07, 6.45) is 1.97. The number of nitrogens with two attached hydrogens (primary N) is 1. The quantitative estimate of drug-likeness (QED) is 0.290. The lowest BCUT2D eigenvalue weighted by Gasteiger charge is -2.35. The second-order valence-corrected chi connectivity index (χ2v) is 10.3. The van der Waals surface area contributed by atoms with E-state index in [-0.39, 0.29) is 24.8 Å². The topological polar surface area (TPSA) is 124 Å². The Balaban J connectivity index is 5.23. The highest BCUT2D eigenvalue weighted by Crippen LogP contribution is 2.19. The third kappa shape index (κ3) is 11.4. The number of aliphatic hydroxyl groups excluding tert-OH is 1. The van der Waals surface area contributed by atoms with Crippen LogP contribution in [0, 0.1) is 0 Å². The number of carbonyl (C=O) groups excluding carboxylic acids is 3. The highest BCUT2D eigenvalue weighted by atomic mass is 32.2. The van der Waals surface area contributed by atoms with Crippen LogP contribution in [0.4, 0.5) is 0 Å². The van der Waals surface area contributed by atoms with Gasteiger partial charge in [-0.15, -0.1) is 0 Å². The lowest BCUT2D eigenvalue weighted by atomic mass is 9.97. The number of primary amides is 1. The van der Waals surface area contributed by atoms with Crippen molar-refractivity contribution in [3.05, 3.63) is 0 Å². The lowest BCUT2D eigenvalue weighted by Crippen LogP contribution is -2.56. The van der Waals surface area contributed by atoms with E-state index in [4.69, 9.17) is 10.8 Å². The third-order valence-corrected chi connectivity index (χ3v) is 6.71. The van der Waals surface area contributed by atoms with Crippen LogP contribution in [-0.4, -0.2) is 99.1 Å². The van der Waals surface area contributed by atoms with E-state index in [2.05, 4.69) is 0 Å². The molecule has 0 rings (SSSR count). The molecule has 10 heteroatoms. The van der Waals surface area contributed by atoms with E-state index < -0.39 is 23.6 Å². The monoisotopic (exact) mass is 465 g/mol. The van der Waals surface area contributed by atoms with Gasteiger partial charge in [0.15, 0.2) is 0 Å². The number of rotatable bonds is 16. The van der Waals surface area contributed by atoms with Gasteiger partial charge in [-0.1, -0.05) is 6.92 Å². The van der Waals surface area contributed by atoms with Crippen LogP contribution < -0.4 is 5.73 Å². The summed E-state index contributed by atoms with van der Waals surface area (Å²) in [6.45, 7) is 5.18. The van der Waals surface area contributed by atoms with Crippen LogP contribution in [0.3, 0.4) is 0 Å². The van der Waals surface area contributed by atoms with Gasteiger partial charge < -0.3 is 25.7 Å². The van der Waals surface area contributed by atoms with Crippen molar-refractivity contribution < 1.29 is 24.6 Å². The van der Waals surface area contributed by atoms with Gasteiger partial charge in [0.25, 0.3) is 0 Å². The molecule has 0 aromatic carbocycles. The molecule has 3 amide bonds. The molecule has 0 radical (unpaired) electrons. The molecule has 176 valence electrons. The summed E-state index contributed by atoms with van der Waals surface area (Å²) >= 11 is 3.25. The number of likely N-dealkylation sites (N-methyl/N-ethyl adjacent to an activating group) is 2. The minimum Gasteiger partial charge on any atom is -0.396 e. The molecule has 0 saturated carbocycles. The second kappa shape index (κ2) is 14.9. The van der Waals surface area contributed by atoms with E-state index in [9.17, 15) is 19.5 Å². The van der Waals surface area contributed by atoms with Gasteiger partial charge in [-0.3, -0.25) is 14.4 Å². The average Bonchev–Trinajstić information content (AvgIpc) is 2.66. The molecule has 4 N–H and O–H groups in total. The van der Waals surface area contributed by atoms with Gasteiger partial charge in [0.05, 0.1) is 12.2 Å². The first kappa shape index (κ1) is 29.0. The molecular formula is C20H39N3O5S2. The largest absolute Gasteiger partial charge is 0.396 e. The summed E-state index contributed by atoms with van der Waals surface area (Å²) in [5.74, 6) is 1.69. The van der Waals surface area contributed by atoms with Crippen molar-refractivity contribution in [2.75, 3.05) is 43.7 Å². The van der Waals surface area contributed by atoms with E-state index in [1.165, 1.54) is 16.8 Å². The summed E-state index contributed by atoms with van der Waals surface area (Å²) in [6, 6.07) is -1.68. The van der Waals surface area contributed by atoms with E-state index in [0.29, 0.717) is 24.3 Å². The fraction of sp³-hybridized carbons (Fsp3) is 0.850. The maximum atomic E-state index is 13.2. The molecule has 8 nitrogen and oxygen atoms in total. The number of amides is 3. The Kier molecular flexibility index (Phi) is 14.5. The fourth-order valence-electron chi connectivity index (χ4n) is 2.83. The summed E-state index contributed by atoms with van der Waals surface area (Å²) in [5, 5.41) is 18.9. The molecule has 0 saturated heterocycles. The molecule has 0 aliphatic heterocycles. The predicted molar refractivity (Wildman–Crippen MR) is 124 cm³/mol. The number of carbonyl (C=O) groups is 3. The smallest absolute Gasteiger partial charge is 0.246 e. The molecular weight excluding hydrogens is 426 g/mol. The minimum atomic E-state index is -1.17. The Hall–Kier alpha value is -0.970. The zero-order valence-electron chi connectivity index (χ0n) is 18.9.